The summed E-state index contributed by atoms with van der Waals surface area (Å²) in [5.74, 6) is 0.332. The highest BCUT2D eigenvalue weighted by molar-refractivity contribution is 7.92. The van der Waals surface area contributed by atoms with Crippen LogP contribution in [-0.4, -0.2) is 21.8 Å². The van der Waals surface area contributed by atoms with Crippen molar-refractivity contribution >= 4 is 21.4 Å². The second-order valence-electron chi connectivity index (χ2n) is 2.79. The number of sulfonamides is 1. The number of hydrogen-bond acceptors (Lipinski definition) is 3. The minimum absolute atomic E-state index is 0.214. The van der Waals surface area contributed by atoms with Crippen molar-refractivity contribution < 1.29 is 13.2 Å². The molecule has 0 bridgehead atoms. The maximum absolute atomic E-state index is 10.9. The Morgan fingerprint density at radius 1 is 1.43 bits per heavy atom. The first-order valence-corrected chi connectivity index (χ1v) is 5.69. The molecule has 6 heteroatoms. The third kappa shape index (κ3) is 2.81. The van der Waals surface area contributed by atoms with Crippen molar-refractivity contribution in [2.24, 2.45) is 0 Å². The molecule has 77 valence electrons. The van der Waals surface area contributed by atoms with Gasteiger partial charge in [0.1, 0.15) is 5.75 Å². The SMILES string of the molecule is COc1cc(NS(C)(=O)=O)ccc1[NH]. The van der Waals surface area contributed by atoms with Crippen molar-refractivity contribution in [2.45, 2.75) is 0 Å². The average Bonchev–Trinajstić information content (AvgIpc) is 2.06. The number of hydrogen-bond donors (Lipinski definition) is 1. The lowest BCUT2D eigenvalue weighted by Crippen LogP contribution is -2.09. The van der Waals surface area contributed by atoms with Gasteiger partial charge in [0, 0.05) is 6.07 Å². The van der Waals surface area contributed by atoms with E-state index in [-0.39, 0.29) is 5.69 Å². The number of rotatable bonds is 3. The van der Waals surface area contributed by atoms with Gasteiger partial charge in [0.15, 0.2) is 0 Å². The van der Waals surface area contributed by atoms with Crippen LogP contribution in [0, 0.1) is 0 Å². The number of ether oxygens (including phenoxy) is 1. The summed E-state index contributed by atoms with van der Waals surface area (Å²) in [6, 6.07) is 4.43. The van der Waals surface area contributed by atoms with Gasteiger partial charge in [-0.3, -0.25) is 10.5 Å². The molecule has 1 aromatic rings. The van der Waals surface area contributed by atoms with Crippen LogP contribution < -0.4 is 15.2 Å². The van der Waals surface area contributed by atoms with Crippen LogP contribution in [0.5, 0.6) is 5.75 Å². The van der Waals surface area contributed by atoms with Crippen molar-refractivity contribution in [3.8, 4) is 5.75 Å². The molecule has 5 nitrogen and oxygen atoms in total. The normalized spacial score (nSPS) is 11.0. The Bertz CT molecular complexity index is 428. The van der Waals surface area contributed by atoms with Crippen LogP contribution in [0.2, 0.25) is 0 Å². The molecular weight excluding hydrogens is 204 g/mol. The molecule has 0 saturated carbocycles. The van der Waals surface area contributed by atoms with Crippen molar-refractivity contribution in [3.63, 3.8) is 0 Å². The first kappa shape index (κ1) is 10.6. The molecule has 1 radical (unpaired) electrons. The van der Waals surface area contributed by atoms with E-state index in [4.69, 9.17) is 10.5 Å². The van der Waals surface area contributed by atoms with Crippen LogP contribution in [0.4, 0.5) is 11.4 Å². The van der Waals surface area contributed by atoms with Gasteiger partial charge in [-0.1, -0.05) is 0 Å². The molecule has 0 heterocycles. The fourth-order valence-electron chi connectivity index (χ4n) is 0.969. The molecule has 2 N–H and O–H groups in total. The second-order valence-corrected chi connectivity index (χ2v) is 4.54. The minimum Gasteiger partial charge on any atom is -0.494 e. The van der Waals surface area contributed by atoms with Crippen molar-refractivity contribution in [3.05, 3.63) is 18.2 Å². The number of benzene rings is 1. The number of methoxy groups -OCH3 is 1. The van der Waals surface area contributed by atoms with Gasteiger partial charge in [-0.05, 0) is 12.1 Å². The van der Waals surface area contributed by atoms with Crippen molar-refractivity contribution in [1.29, 1.82) is 0 Å². The van der Waals surface area contributed by atoms with E-state index in [2.05, 4.69) is 4.72 Å². The van der Waals surface area contributed by atoms with Gasteiger partial charge in [0.2, 0.25) is 10.0 Å². The molecule has 1 rings (SSSR count). The lowest BCUT2D eigenvalue weighted by Gasteiger charge is -2.07. The molecule has 0 aliphatic heterocycles. The molecule has 1 aromatic carbocycles. The van der Waals surface area contributed by atoms with E-state index >= 15 is 0 Å². The third-order valence-corrected chi connectivity index (χ3v) is 2.11. The summed E-state index contributed by atoms with van der Waals surface area (Å²) < 4.78 is 28.9. The summed E-state index contributed by atoms with van der Waals surface area (Å²) in [6.45, 7) is 0. The van der Waals surface area contributed by atoms with Gasteiger partial charge >= 0.3 is 0 Å². The molecule has 14 heavy (non-hydrogen) atoms. The van der Waals surface area contributed by atoms with E-state index in [1.807, 2.05) is 0 Å². The smallest absolute Gasteiger partial charge is 0.229 e. The Morgan fingerprint density at radius 2 is 2.07 bits per heavy atom. The lowest BCUT2D eigenvalue weighted by molar-refractivity contribution is 0.416. The van der Waals surface area contributed by atoms with Crippen LogP contribution in [0.25, 0.3) is 0 Å². The molecule has 0 atom stereocenters. The van der Waals surface area contributed by atoms with Crippen molar-refractivity contribution in [2.75, 3.05) is 18.1 Å². The van der Waals surface area contributed by atoms with Gasteiger partial charge in [0.05, 0.1) is 24.7 Å². The molecule has 0 fully saturated rings. The fourth-order valence-corrected chi connectivity index (χ4v) is 1.52. The third-order valence-electron chi connectivity index (χ3n) is 1.50. The Hall–Kier alpha value is -1.43. The number of nitrogens with one attached hydrogen (secondary N) is 2. The predicted molar refractivity (Wildman–Crippen MR) is 54.2 cm³/mol. The maximum atomic E-state index is 10.9. The van der Waals surface area contributed by atoms with Gasteiger partial charge in [-0.25, -0.2) is 8.42 Å². The molecule has 0 aliphatic rings. The van der Waals surface area contributed by atoms with E-state index in [1.54, 1.807) is 0 Å². The monoisotopic (exact) mass is 215 g/mol. The summed E-state index contributed by atoms with van der Waals surface area (Å²) in [5.41, 5.74) is 8.00. The summed E-state index contributed by atoms with van der Waals surface area (Å²) in [4.78, 5) is 0. The zero-order chi connectivity index (χ0) is 10.8. The minimum atomic E-state index is -3.28. The van der Waals surface area contributed by atoms with Gasteiger partial charge in [-0.2, -0.15) is 0 Å². The van der Waals surface area contributed by atoms with E-state index in [0.29, 0.717) is 11.4 Å². The largest absolute Gasteiger partial charge is 0.494 e. The highest BCUT2D eigenvalue weighted by atomic mass is 32.2. The quantitative estimate of drug-likeness (QED) is 0.816. The lowest BCUT2D eigenvalue weighted by atomic mass is 10.3. The van der Waals surface area contributed by atoms with E-state index in [1.165, 1.54) is 25.3 Å². The highest BCUT2D eigenvalue weighted by Crippen LogP contribution is 2.26. The van der Waals surface area contributed by atoms with Gasteiger partial charge in [-0.15, -0.1) is 0 Å². The molecule has 0 aliphatic carbocycles. The molecule has 0 saturated heterocycles. The zero-order valence-electron chi connectivity index (χ0n) is 7.87. The molecule has 0 aromatic heterocycles. The topological polar surface area (TPSA) is 79.2 Å². The van der Waals surface area contributed by atoms with E-state index in [0.717, 1.165) is 6.26 Å². The highest BCUT2D eigenvalue weighted by Gasteiger charge is 2.05. The van der Waals surface area contributed by atoms with Crippen LogP contribution in [-0.2, 0) is 10.0 Å². The summed E-state index contributed by atoms with van der Waals surface area (Å²) in [6.07, 6.45) is 1.06. The molecule has 0 unspecified atom stereocenters. The van der Waals surface area contributed by atoms with E-state index < -0.39 is 10.0 Å². The maximum Gasteiger partial charge on any atom is 0.229 e. The van der Waals surface area contributed by atoms with Crippen LogP contribution in [0.15, 0.2) is 18.2 Å². The summed E-state index contributed by atoms with van der Waals surface area (Å²) >= 11 is 0. The first-order valence-electron chi connectivity index (χ1n) is 3.80. The molecule has 0 spiro atoms. The Labute approximate surface area is 82.9 Å². The summed E-state index contributed by atoms with van der Waals surface area (Å²) in [7, 11) is -1.85. The van der Waals surface area contributed by atoms with Crippen LogP contribution in [0.3, 0.4) is 0 Å². The Kier molecular flexibility index (Phi) is 2.85. The number of anilines is 1. The van der Waals surface area contributed by atoms with Crippen LogP contribution in [0.1, 0.15) is 0 Å². The fraction of sp³-hybridized carbons (Fsp3) is 0.250. The molecule has 0 amide bonds. The Balaban J connectivity index is 3.01. The predicted octanol–water partition coefficient (Wildman–Crippen LogP) is 0.981. The van der Waals surface area contributed by atoms with Gasteiger partial charge in [0.25, 0.3) is 0 Å². The second kappa shape index (κ2) is 3.75. The summed E-state index contributed by atoms with van der Waals surface area (Å²) in [5, 5.41) is 0. The average molecular weight is 215 g/mol. The standard InChI is InChI=1S/C8H11N2O3S/c1-13-8-5-6(3-4-7(8)9)10-14(2,11)12/h3-5,9-10H,1-2H3. The van der Waals surface area contributed by atoms with E-state index in [9.17, 15) is 8.42 Å². The Morgan fingerprint density at radius 3 is 2.57 bits per heavy atom. The van der Waals surface area contributed by atoms with Crippen molar-refractivity contribution in [1.82, 2.24) is 5.73 Å². The van der Waals surface area contributed by atoms with Gasteiger partial charge < -0.3 is 4.74 Å². The molecular formula is C8H11N2O3S. The zero-order valence-corrected chi connectivity index (χ0v) is 8.68. The first-order chi connectivity index (χ1) is 6.42. The van der Waals surface area contributed by atoms with Crippen LogP contribution >= 0.6 is 0 Å².